The van der Waals surface area contributed by atoms with E-state index in [0.717, 1.165) is 30.6 Å². The Balaban J connectivity index is 1.73. The average molecular weight is 288 g/mol. The third-order valence-corrected chi connectivity index (χ3v) is 4.59. The molecule has 106 valence electrons. The number of nitrogens with two attached hydrogens (primary N) is 1. The third-order valence-electron chi connectivity index (χ3n) is 3.73. The third kappa shape index (κ3) is 3.14. The zero-order valence-corrected chi connectivity index (χ0v) is 12.5. The normalized spacial score (nSPS) is 14.7. The summed E-state index contributed by atoms with van der Waals surface area (Å²) in [5.41, 5.74) is 8.14. The van der Waals surface area contributed by atoms with Gasteiger partial charge in [0.15, 0.2) is 0 Å². The number of rotatable bonds is 6. The van der Waals surface area contributed by atoms with Gasteiger partial charge in [-0.1, -0.05) is 12.1 Å². The molecule has 0 spiro atoms. The van der Waals surface area contributed by atoms with Crippen LogP contribution < -0.4 is 10.5 Å². The topological polar surface area (TPSA) is 38.5 Å². The molecule has 0 unspecified atom stereocenters. The molecule has 1 aliphatic carbocycles. The Labute approximate surface area is 124 Å². The standard InChI is InChI=1S/C16H20N2OS/c1-19-14-7-4-12(16(17)9-14)10-18(13-5-6-13)11-15-3-2-8-20-15/h2-4,7-9,13H,5-6,10-11,17H2,1H3. The number of thiophene rings is 1. The Morgan fingerprint density at radius 2 is 2.15 bits per heavy atom. The van der Waals surface area contributed by atoms with Crippen molar-refractivity contribution in [2.45, 2.75) is 32.0 Å². The molecule has 3 rings (SSSR count). The van der Waals surface area contributed by atoms with Crippen molar-refractivity contribution in [2.75, 3.05) is 12.8 Å². The SMILES string of the molecule is COc1ccc(CN(Cc2cccs2)C2CC2)c(N)c1. The summed E-state index contributed by atoms with van der Waals surface area (Å²) in [6, 6.07) is 11.0. The average Bonchev–Trinajstić information content (AvgIpc) is 3.18. The summed E-state index contributed by atoms with van der Waals surface area (Å²) in [6.07, 6.45) is 2.61. The molecule has 20 heavy (non-hydrogen) atoms. The number of hydrogen-bond donors (Lipinski definition) is 1. The molecule has 0 amide bonds. The first-order chi connectivity index (χ1) is 9.76. The fourth-order valence-electron chi connectivity index (χ4n) is 2.42. The molecule has 2 aromatic rings. The first kappa shape index (κ1) is 13.5. The van der Waals surface area contributed by atoms with Gasteiger partial charge in [-0.25, -0.2) is 0 Å². The van der Waals surface area contributed by atoms with E-state index in [2.05, 4.69) is 28.5 Å². The van der Waals surface area contributed by atoms with E-state index in [1.807, 2.05) is 23.5 Å². The lowest BCUT2D eigenvalue weighted by Gasteiger charge is -2.22. The molecule has 2 N–H and O–H groups in total. The Morgan fingerprint density at radius 3 is 2.75 bits per heavy atom. The van der Waals surface area contributed by atoms with Crippen LogP contribution in [0.2, 0.25) is 0 Å². The van der Waals surface area contributed by atoms with Crippen LogP contribution in [0, 0.1) is 0 Å². The van der Waals surface area contributed by atoms with Crippen LogP contribution in [0.5, 0.6) is 5.75 Å². The van der Waals surface area contributed by atoms with Crippen molar-refractivity contribution < 1.29 is 4.74 Å². The molecular formula is C16H20N2OS. The van der Waals surface area contributed by atoms with Crippen LogP contribution in [0.1, 0.15) is 23.3 Å². The maximum atomic E-state index is 6.14. The Bertz CT molecular complexity index is 564. The second-order valence-corrected chi connectivity index (χ2v) is 6.31. The molecule has 0 radical (unpaired) electrons. The lowest BCUT2D eigenvalue weighted by molar-refractivity contribution is 0.248. The first-order valence-corrected chi connectivity index (χ1v) is 7.83. The van der Waals surface area contributed by atoms with Gasteiger partial charge in [-0.2, -0.15) is 0 Å². The molecular weight excluding hydrogens is 268 g/mol. The molecule has 0 saturated heterocycles. The van der Waals surface area contributed by atoms with Gasteiger partial charge >= 0.3 is 0 Å². The van der Waals surface area contributed by atoms with Gasteiger partial charge in [0, 0.05) is 35.8 Å². The summed E-state index contributed by atoms with van der Waals surface area (Å²) < 4.78 is 5.21. The fraction of sp³-hybridized carbons (Fsp3) is 0.375. The predicted octanol–water partition coefficient (Wildman–Crippen LogP) is 3.50. The quantitative estimate of drug-likeness (QED) is 0.827. The van der Waals surface area contributed by atoms with E-state index >= 15 is 0 Å². The number of benzene rings is 1. The van der Waals surface area contributed by atoms with Crippen molar-refractivity contribution in [1.82, 2.24) is 4.90 Å². The second kappa shape index (κ2) is 5.85. The zero-order chi connectivity index (χ0) is 13.9. The minimum Gasteiger partial charge on any atom is -0.497 e. The number of nitrogen functional groups attached to an aromatic ring is 1. The largest absolute Gasteiger partial charge is 0.497 e. The van der Waals surface area contributed by atoms with Gasteiger partial charge in [-0.3, -0.25) is 4.90 Å². The smallest absolute Gasteiger partial charge is 0.120 e. The Morgan fingerprint density at radius 1 is 1.30 bits per heavy atom. The van der Waals surface area contributed by atoms with E-state index in [1.54, 1.807) is 7.11 Å². The number of anilines is 1. The maximum Gasteiger partial charge on any atom is 0.120 e. The van der Waals surface area contributed by atoms with Gasteiger partial charge in [0.25, 0.3) is 0 Å². The maximum absolute atomic E-state index is 6.14. The molecule has 1 aromatic carbocycles. The van der Waals surface area contributed by atoms with Gasteiger partial charge in [0.1, 0.15) is 5.75 Å². The second-order valence-electron chi connectivity index (χ2n) is 5.28. The predicted molar refractivity (Wildman–Crippen MR) is 84.0 cm³/mol. The van der Waals surface area contributed by atoms with Crippen LogP contribution in [0.3, 0.4) is 0 Å². The first-order valence-electron chi connectivity index (χ1n) is 6.95. The van der Waals surface area contributed by atoms with E-state index in [9.17, 15) is 0 Å². The minimum atomic E-state index is 0.721. The van der Waals surface area contributed by atoms with E-state index < -0.39 is 0 Å². The van der Waals surface area contributed by atoms with Crippen LogP contribution in [-0.2, 0) is 13.1 Å². The summed E-state index contributed by atoms with van der Waals surface area (Å²) in [5, 5.41) is 2.14. The summed E-state index contributed by atoms with van der Waals surface area (Å²) in [7, 11) is 1.67. The minimum absolute atomic E-state index is 0.721. The van der Waals surface area contributed by atoms with Crippen molar-refractivity contribution >= 4 is 17.0 Å². The highest BCUT2D eigenvalue weighted by atomic mass is 32.1. The van der Waals surface area contributed by atoms with Gasteiger partial charge < -0.3 is 10.5 Å². The van der Waals surface area contributed by atoms with Crippen LogP contribution in [-0.4, -0.2) is 18.1 Å². The number of methoxy groups -OCH3 is 1. The van der Waals surface area contributed by atoms with Crippen molar-refractivity contribution in [3.8, 4) is 5.75 Å². The molecule has 0 bridgehead atoms. The Hall–Kier alpha value is -1.52. The van der Waals surface area contributed by atoms with Gasteiger partial charge in [0.2, 0.25) is 0 Å². The molecule has 1 aromatic heterocycles. The lowest BCUT2D eigenvalue weighted by Crippen LogP contribution is -2.25. The number of nitrogens with zero attached hydrogens (tertiary/aromatic N) is 1. The molecule has 1 heterocycles. The molecule has 4 heteroatoms. The monoisotopic (exact) mass is 288 g/mol. The van der Waals surface area contributed by atoms with E-state index in [-0.39, 0.29) is 0 Å². The summed E-state index contributed by atoms with van der Waals surface area (Å²) in [5.74, 6) is 0.822. The molecule has 1 fully saturated rings. The van der Waals surface area contributed by atoms with Crippen molar-refractivity contribution in [3.05, 3.63) is 46.2 Å². The molecule has 0 atom stereocenters. The van der Waals surface area contributed by atoms with E-state index in [0.29, 0.717) is 0 Å². The summed E-state index contributed by atoms with van der Waals surface area (Å²) in [4.78, 5) is 3.95. The lowest BCUT2D eigenvalue weighted by atomic mass is 10.1. The van der Waals surface area contributed by atoms with Crippen LogP contribution in [0.15, 0.2) is 35.7 Å². The van der Waals surface area contributed by atoms with Crippen molar-refractivity contribution in [3.63, 3.8) is 0 Å². The van der Waals surface area contributed by atoms with Crippen LogP contribution >= 0.6 is 11.3 Å². The molecule has 3 nitrogen and oxygen atoms in total. The summed E-state index contributed by atoms with van der Waals surface area (Å²) >= 11 is 1.82. The van der Waals surface area contributed by atoms with Crippen molar-refractivity contribution in [2.24, 2.45) is 0 Å². The highest BCUT2D eigenvalue weighted by Gasteiger charge is 2.29. The number of ether oxygens (including phenoxy) is 1. The Kier molecular flexibility index (Phi) is 3.94. The van der Waals surface area contributed by atoms with Gasteiger partial charge in [0.05, 0.1) is 7.11 Å². The van der Waals surface area contributed by atoms with E-state index in [4.69, 9.17) is 10.5 Å². The molecule has 0 aliphatic heterocycles. The fourth-order valence-corrected chi connectivity index (χ4v) is 3.15. The van der Waals surface area contributed by atoms with Crippen LogP contribution in [0.25, 0.3) is 0 Å². The van der Waals surface area contributed by atoms with Crippen LogP contribution in [0.4, 0.5) is 5.69 Å². The molecule has 1 saturated carbocycles. The number of hydrogen-bond acceptors (Lipinski definition) is 4. The van der Waals surface area contributed by atoms with E-state index in [1.165, 1.54) is 23.3 Å². The summed E-state index contributed by atoms with van der Waals surface area (Å²) in [6.45, 7) is 1.94. The van der Waals surface area contributed by atoms with Gasteiger partial charge in [-0.15, -0.1) is 11.3 Å². The zero-order valence-electron chi connectivity index (χ0n) is 11.7. The van der Waals surface area contributed by atoms with Crippen molar-refractivity contribution in [1.29, 1.82) is 0 Å². The highest BCUT2D eigenvalue weighted by Crippen LogP contribution is 2.32. The van der Waals surface area contributed by atoms with Gasteiger partial charge in [-0.05, 0) is 35.9 Å². The molecule has 1 aliphatic rings. The highest BCUT2D eigenvalue weighted by molar-refractivity contribution is 7.09.